The number of fused-ring (bicyclic) bond motifs is 1. The Morgan fingerprint density at radius 3 is 2.75 bits per heavy atom. The largest absolute Gasteiger partial charge is 0.362 e. The van der Waals surface area contributed by atoms with Gasteiger partial charge in [0.05, 0.1) is 16.3 Å². The highest BCUT2D eigenvalue weighted by molar-refractivity contribution is 7.20. The van der Waals surface area contributed by atoms with Gasteiger partial charge in [-0.05, 0) is 37.4 Å². The number of nitrogens with one attached hydrogen (secondary N) is 1. The molecule has 6 nitrogen and oxygen atoms in total. The van der Waals surface area contributed by atoms with E-state index in [2.05, 4.69) is 51.5 Å². The Balaban J connectivity index is 1.61. The summed E-state index contributed by atoms with van der Waals surface area (Å²) in [4.78, 5) is 29.3. The van der Waals surface area contributed by atoms with Gasteiger partial charge in [-0.25, -0.2) is 9.97 Å². The fraction of sp³-hybridized carbons (Fsp3) is 0.450. The third-order valence-electron chi connectivity index (χ3n) is 5.35. The van der Waals surface area contributed by atoms with E-state index in [-0.39, 0.29) is 11.9 Å². The van der Waals surface area contributed by atoms with Gasteiger partial charge in [-0.15, -0.1) is 22.7 Å². The van der Waals surface area contributed by atoms with Crippen LogP contribution in [0.5, 0.6) is 0 Å². The maximum atomic E-state index is 13.2. The predicted molar refractivity (Wildman–Crippen MR) is 117 cm³/mol. The number of aromatic nitrogens is 2. The van der Waals surface area contributed by atoms with Gasteiger partial charge in [0.25, 0.3) is 5.91 Å². The summed E-state index contributed by atoms with van der Waals surface area (Å²) in [5.74, 6) is 0.919. The van der Waals surface area contributed by atoms with E-state index in [0.717, 1.165) is 59.2 Å². The van der Waals surface area contributed by atoms with Gasteiger partial charge in [-0.2, -0.15) is 0 Å². The van der Waals surface area contributed by atoms with Crippen molar-refractivity contribution in [3.63, 3.8) is 0 Å². The minimum atomic E-state index is 0.119. The summed E-state index contributed by atoms with van der Waals surface area (Å²) >= 11 is 3.20. The van der Waals surface area contributed by atoms with Crippen LogP contribution < -0.4 is 5.32 Å². The Bertz CT molecular complexity index is 961. The molecule has 3 aromatic heterocycles. The highest BCUT2D eigenvalue weighted by Crippen LogP contribution is 2.35. The average Bonchev–Trinajstić information content (AvgIpc) is 3.37. The van der Waals surface area contributed by atoms with E-state index >= 15 is 0 Å². The van der Waals surface area contributed by atoms with Crippen LogP contribution in [0.2, 0.25) is 0 Å². The average molecular weight is 416 g/mol. The Kier molecular flexibility index (Phi) is 5.61. The van der Waals surface area contributed by atoms with Crippen molar-refractivity contribution in [2.75, 3.05) is 38.0 Å². The lowest BCUT2D eigenvalue weighted by Gasteiger charge is -2.33. The zero-order chi connectivity index (χ0) is 19.7. The van der Waals surface area contributed by atoms with E-state index in [1.807, 2.05) is 11.8 Å². The lowest BCUT2D eigenvalue weighted by atomic mass is 10.1. The van der Waals surface area contributed by atoms with Crippen LogP contribution in [0.1, 0.15) is 40.0 Å². The highest BCUT2D eigenvalue weighted by atomic mass is 32.1. The maximum absolute atomic E-state index is 13.2. The van der Waals surface area contributed by atoms with Crippen molar-refractivity contribution in [2.24, 2.45) is 0 Å². The van der Waals surface area contributed by atoms with Crippen LogP contribution in [0.25, 0.3) is 10.2 Å². The topological polar surface area (TPSA) is 61.4 Å². The minimum Gasteiger partial charge on any atom is -0.362 e. The minimum absolute atomic E-state index is 0.119. The van der Waals surface area contributed by atoms with Crippen LogP contribution >= 0.6 is 22.7 Å². The SMILES string of the molecule is CCN1CCN(C(=O)c2sc3ncnc(N[C@@H](C)c4cccs4)c3c2C)CC1. The Hall–Kier alpha value is -2.03. The predicted octanol–water partition coefficient (Wildman–Crippen LogP) is 4.01. The van der Waals surface area contributed by atoms with E-state index in [4.69, 9.17) is 0 Å². The van der Waals surface area contributed by atoms with Gasteiger partial charge < -0.3 is 15.1 Å². The van der Waals surface area contributed by atoms with Crippen molar-refractivity contribution < 1.29 is 4.79 Å². The molecule has 1 atom stereocenters. The van der Waals surface area contributed by atoms with Crippen molar-refractivity contribution in [3.8, 4) is 0 Å². The molecule has 4 rings (SSSR count). The first kappa shape index (κ1) is 19.3. The Morgan fingerprint density at radius 1 is 1.29 bits per heavy atom. The number of carbonyl (C=O) groups excluding carboxylic acids is 1. The van der Waals surface area contributed by atoms with Crippen molar-refractivity contribution in [1.82, 2.24) is 19.8 Å². The molecular weight excluding hydrogens is 390 g/mol. The molecule has 148 valence electrons. The number of thiophene rings is 2. The smallest absolute Gasteiger partial charge is 0.264 e. The summed E-state index contributed by atoms with van der Waals surface area (Å²) in [6.07, 6.45) is 1.58. The zero-order valence-electron chi connectivity index (χ0n) is 16.4. The van der Waals surface area contributed by atoms with Gasteiger partial charge >= 0.3 is 0 Å². The molecule has 0 spiro atoms. The monoisotopic (exact) mass is 415 g/mol. The summed E-state index contributed by atoms with van der Waals surface area (Å²) < 4.78 is 0. The molecule has 3 aromatic rings. The van der Waals surface area contributed by atoms with E-state index in [9.17, 15) is 4.79 Å². The van der Waals surface area contributed by atoms with Gasteiger partial charge in [0.15, 0.2) is 0 Å². The molecule has 1 aliphatic rings. The number of hydrogen-bond acceptors (Lipinski definition) is 7. The molecule has 0 unspecified atom stereocenters. The molecular formula is C20H25N5OS2. The molecule has 1 saturated heterocycles. The first-order chi connectivity index (χ1) is 13.6. The maximum Gasteiger partial charge on any atom is 0.264 e. The second-order valence-electron chi connectivity index (χ2n) is 7.07. The first-order valence-electron chi connectivity index (χ1n) is 9.64. The standard InChI is InChI=1S/C20H25N5OS2/c1-4-24-7-9-25(10-8-24)20(26)17-13(2)16-18(21-12-22-19(16)28-17)23-14(3)15-6-5-11-27-15/h5-6,11-12,14H,4,7-10H2,1-3H3,(H,21,22,23)/t14-/m0/s1. The molecule has 8 heteroatoms. The Morgan fingerprint density at radius 2 is 2.07 bits per heavy atom. The molecule has 0 aromatic carbocycles. The van der Waals surface area contributed by atoms with Crippen molar-refractivity contribution in [3.05, 3.63) is 39.2 Å². The molecule has 0 aliphatic carbocycles. The molecule has 1 aliphatic heterocycles. The number of nitrogens with zero attached hydrogens (tertiary/aromatic N) is 4. The van der Waals surface area contributed by atoms with Crippen LogP contribution in [0, 0.1) is 6.92 Å². The lowest BCUT2D eigenvalue weighted by molar-refractivity contribution is 0.0647. The number of hydrogen-bond donors (Lipinski definition) is 1. The second kappa shape index (κ2) is 8.14. The van der Waals surface area contributed by atoms with Crippen LogP contribution in [0.15, 0.2) is 23.8 Å². The summed E-state index contributed by atoms with van der Waals surface area (Å²) in [6.45, 7) is 10.8. The van der Waals surface area contributed by atoms with E-state index in [1.165, 1.54) is 16.2 Å². The number of rotatable bonds is 5. The number of anilines is 1. The van der Waals surface area contributed by atoms with Crippen molar-refractivity contribution >= 4 is 44.6 Å². The van der Waals surface area contributed by atoms with E-state index in [1.54, 1.807) is 17.7 Å². The molecule has 1 N–H and O–H groups in total. The van der Waals surface area contributed by atoms with Gasteiger partial charge in [-0.3, -0.25) is 4.79 Å². The van der Waals surface area contributed by atoms with Gasteiger partial charge in [0, 0.05) is 31.1 Å². The quantitative estimate of drug-likeness (QED) is 0.682. The van der Waals surface area contributed by atoms with Crippen LogP contribution in [0.3, 0.4) is 0 Å². The third kappa shape index (κ3) is 3.64. The number of carbonyl (C=O) groups is 1. The second-order valence-corrected chi connectivity index (χ2v) is 9.04. The van der Waals surface area contributed by atoms with Gasteiger partial charge in [-0.1, -0.05) is 13.0 Å². The number of amides is 1. The summed E-state index contributed by atoms with van der Waals surface area (Å²) in [7, 11) is 0. The summed E-state index contributed by atoms with van der Waals surface area (Å²) in [6, 6.07) is 4.32. The van der Waals surface area contributed by atoms with Crippen molar-refractivity contribution in [2.45, 2.75) is 26.8 Å². The number of piperazine rings is 1. The zero-order valence-corrected chi connectivity index (χ0v) is 18.1. The summed E-state index contributed by atoms with van der Waals surface area (Å²) in [5, 5.41) is 6.55. The normalized spacial score (nSPS) is 16.5. The van der Waals surface area contributed by atoms with Gasteiger partial charge in [0.1, 0.15) is 17.0 Å². The molecule has 0 saturated carbocycles. The van der Waals surface area contributed by atoms with Crippen molar-refractivity contribution in [1.29, 1.82) is 0 Å². The molecule has 0 bridgehead atoms. The molecule has 1 amide bonds. The van der Waals surface area contributed by atoms with E-state index in [0.29, 0.717) is 0 Å². The molecule has 4 heterocycles. The first-order valence-corrected chi connectivity index (χ1v) is 11.3. The Labute approximate surface area is 173 Å². The van der Waals surface area contributed by atoms with E-state index < -0.39 is 0 Å². The molecule has 0 radical (unpaired) electrons. The summed E-state index contributed by atoms with van der Waals surface area (Å²) in [5.41, 5.74) is 0.976. The lowest BCUT2D eigenvalue weighted by Crippen LogP contribution is -2.48. The van der Waals surface area contributed by atoms with Gasteiger partial charge in [0.2, 0.25) is 0 Å². The van der Waals surface area contributed by atoms with Crippen LogP contribution in [-0.2, 0) is 0 Å². The fourth-order valence-electron chi connectivity index (χ4n) is 3.61. The third-order valence-corrected chi connectivity index (χ3v) is 7.59. The fourth-order valence-corrected chi connectivity index (χ4v) is 5.46. The molecule has 1 fully saturated rings. The number of likely N-dealkylation sites (N-methyl/N-ethyl adjacent to an activating group) is 1. The molecule has 28 heavy (non-hydrogen) atoms. The highest BCUT2D eigenvalue weighted by Gasteiger charge is 2.26. The van der Waals surface area contributed by atoms with Crippen LogP contribution in [0.4, 0.5) is 5.82 Å². The number of aryl methyl sites for hydroxylation is 1. The van der Waals surface area contributed by atoms with Crippen LogP contribution in [-0.4, -0.2) is 58.4 Å².